The molecule has 0 aliphatic rings. The number of hydrogen-bond donors (Lipinski definition) is 0. The highest BCUT2D eigenvalue weighted by Gasteiger charge is 2.15. The fourth-order valence-electron chi connectivity index (χ4n) is 3.06. The number of ether oxygens (including phenoxy) is 3. The summed E-state index contributed by atoms with van der Waals surface area (Å²) in [5.74, 6) is 1.90. The Balaban J connectivity index is 2.33. The number of pyridine rings is 1. The third kappa shape index (κ3) is 3.44. The zero-order valence-corrected chi connectivity index (χ0v) is 15.5. The summed E-state index contributed by atoms with van der Waals surface area (Å²) in [6, 6.07) is 14.8. The number of rotatable bonds is 6. The number of nitrogens with zero attached hydrogens (tertiary/aromatic N) is 2. The van der Waals surface area contributed by atoms with Gasteiger partial charge in [0.25, 0.3) is 5.56 Å². The lowest BCUT2D eigenvalue weighted by Gasteiger charge is -2.16. The smallest absolute Gasteiger partial charge is 0.258 e. The van der Waals surface area contributed by atoms with E-state index in [0.717, 1.165) is 10.9 Å². The zero-order chi connectivity index (χ0) is 19.4. The first-order valence-corrected chi connectivity index (χ1v) is 8.44. The van der Waals surface area contributed by atoms with E-state index in [0.29, 0.717) is 28.3 Å². The Bertz CT molecular complexity index is 1060. The van der Waals surface area contributed by atoms with Gasteiger partial charge < -0.3 is 18.8 Å². The molecule has 0 aliphatic heterocycles. The SMILES string of the molecule is COc1ccc(-c2cc3c(OC)cc(OC)cc3n(CCC#N)c2=O)cc1. The van der Waals surface area contributed by atoms with Crippen LogP contribution in [-0.2, 0) is 6.54 Å². The van der Waals surface area contributed by atoms with Crippen molar-refractivity contribution in [3.05, 3.63) is 52.8 Å². The maximum Gasteiger partial charge on any atom is 0.258 e. The maximum absolute atomic E-state index is 13.2. The molecule has 0 saturated heterocycles. The molecular formula is C21H20N2O4. The van der Waals surface area contributed by atoms with Crippen LogP contribution in [0.25, 0.3) is 22.0 Å². The second-order valence-corrected chi connectivity index (χ2v) is 5.91. The molecule has 3 aromatic rings. The van der Waals surface area contributed by atoms with Gasteiger partial charge in [0.2, 0.25) is 0 Å². The number of aryl methyl sites for hydroxylation is 1. The van der Waals surface area contributed by atoms with Crippen LogP contribution in [0.4, 0.5) is 0 Å². The Morgan fingerprint density at radius 1 is 0.963 bits per heavy atom. The van der Waals surface area contributed by atoms with E-state index < -0.39 is 0 Å². The second-order valence-electron chi connectivity index (χ2n) is 5.91. The van der Waals surface area contributed by atoms with Crippen molar-refractivity contribution >= 4 is 10.9 Å². The second kappa shape index (κ2) is 7.83. The predicted molar refractivity (Wildman–Crippen MR) is 104 cm³/mol. The largest absolute Gasteiger partial charge is 0.497 e. The van der Waals surface area contributed by atoms with Crippen LogP contribution in [0.15, 0.2) is 47.3 Å². The summed E-state index contributed by atoms with van der Waals surface area (Å²) in [4.78, 5) is 13.2. The van der Waals surface area contributed by atoms with E-state index in [9.17, 15) is 4.79 Å². The highest BCUT2D eigenvalue weighted by atomic mass is 16.5. The fourth-order valence-corrected chi connectivity index (χ4v) is 3.06. The Morgan fingerprint density at radius 3 is 2.26 bits per heavy atom. The van der Waals surface area contributed by atoms with Crippen LogP contribution in [0.5, 0.6) is 17.2 Å². The molecule has 1 heterocycles. The molecule has 0 aliphatic carbocycles. The normalized spacial score (nSPS) is 10.4. The molecule has 27 heavy (non-hydrogen) atoms. The van der Waals surface area contributed by atoms with Crippen molar-refractivity contribution < 1.29 is 14.2 Å². The Hall–Kier alpha value is -3.46. The number of nitriles is 1. The first-order valence-electron chi connectivity index (χ1n) is 8.44. The monoisotopic (exact) mass is 364 g/mol. The van der Waals surface area contributed by atoms with Crippen LogP contribution in [0, 0.1) is 11.3 Å². The van der Waals surface area contributed by atoms with Crippen molar-refractivity contribution in [1.29, 1.82) is 5.26 Å². The van der Waals surface area contributed by atoms with Crippen molar-refractivity contribution in [3.8, 4) is 34.4 Å². The first-order chi connectivity index (χ1) is 13.1. The molecule has 0 saturated carbocycles. The van der Waals surface area contributed by atoms with Gasteiger partial charge in [-0.15, -0.1) is 0 Å². The van der Waals surface area contributed by atoms with Gasteiger partial charge >= 0.3 is 0 Å². The molecule has 0 radical (unpaired) electrons. The van der Waals surface area contributed by atoms with Gasteiger partial charge in [0.1, 0.15) is 17.2 Å². The minimum atomic E-state index is -0.168. The number of methoxy groups -OCH3 is 3. The molecule has 6 nitrogen and oxygen atoms in total. The van der Waals surface area contributed by atoms with Gasteiger partial charge in [-0.2, -0.15) is 5.26 Å². The van der Waals surface area contributed by atoms with Gasteiger partial charge in [-0.1, -0.05) is 12.1 Å². The summed E-state index contributed by atoms with van der Waals surface area (Å²) in [5, 5.41) is 9.79. The predicted octanol–water partition coefficient (Wildman–Crippen LogP) is 3.61. The molecule has 0 fully saturated rings. The van der Waals surface area contributed by atoms with E-state index in [4.69, 9.17) is 19.5 Å². The molecule has 2 aromatic carbocycles. The summed E-state index contributed by atoms with van der Waals surface area (Å²) in [7, 11) is 4.73. The van der Waals surface area contributed by atoms with Gasteiger partial charge in [-0.05, 0) is 23.8 Å². The minimum absolute atomic E-state index is 0.168. The van der Waals surface area contributed by atoms with Crippen molar-refractivity contribution in [3.63, 3.8) is 0 Å². The molecule has 138 valence electrons. The van der Waals surface area contributed by atoms with Gasteiger partial charge in [-0.25, -0.2) is 0 Å². The maximum atomic E-state index is 13.2. The van der Waals surface area contributed by atoms with Gasteiger partial charge in [0.05, 0.1) is 39.3 Å². The number of fused-ring (bicyclic) bond motifs is 1. The Morgan fingerprint density at radius 2 is 1.67 bits per heavy atom. The topological polar surface area (TPSA) is 73.5 Å². The number of benzene rings is 2. The van der Waals surface area contributed by atoms with E-state index in [1.54, 1.807) is 38.0 Å². The van der Waals surface area contributed by atoms with Crippen LogP contribution in [0.3, 0.4) is 0 Å². The summed E-state index contributed by atoms with van der Waals surface area (Å²) in [5.41, 5.74) is 1.81. The average molecular weight is 364 g/mol. The fraction of sp³-hybridized carbons (Fsp3) is 0.238. The van der Waals surface area contributed by atoms with E-state index in [1.807, 2.05) is 30.3 Å². The average Bonchev–Trinajstić information content (AvgIpc) is 2.72. The third-order valence-electron chi connectivity index (χ3n) is 4.45. The lowest BCUT2D eigenvalue weighted by Crippen LogP contribution is -2.22. The first kappa shape index (κ1) is 18.3. The van der Waals surface area contributed by atoms with Crippen molar-refractivity contribution in [2.45, 2.75) is 13.0 Å². The highest BCUT2D eigenvalue weighted by Crippen LogP contribution is 2.33. The lowest BCUT2D eigenvalue weighted by molar-refractivity contribution is 0.397. The van der Waals surface area contributed by atoms with Crippen LogP contribution in [0.1, 0.15) is 6.42 Å². The molecule has 0 unspecified atom stereocenters. The van der Waals surface area contributed by atoms with Crippen LogP contribution in [0.2, 0.25) is 0 Å². The van der Waals surface area contributed by atoms with Crippen molar-refractivity contribution in [2.75, 3.05) is 21.3 Å². The van der Waals surface area contributed by atoms with E-state index in [-0.39, 0.29) is 18.5 Å². The van der Waals surface area contributed by atoms with Crippen molar-refractivity contribution in [1.82, 2.24) is 4.57 Å². The highest BCUT2D eigenvalue weighted by molar-refractivity contribution is 5.90. The standard InChI is InChI=1S/C21H20N2O4/c1-25-15-7-5-14(6-8-15)17-13-18-19(23(21(17)24)10-4-9-22)11-16(26-2)12-20(18)27-3/h5-8,11-13H,4,10H2,1-3H3. The number of aromatic nitrogens is 1. The molecule has 1 aromatic heterocycles. The summed E-state index contributed by atoms with van der Waals surface area (Å²) >= 11 is 0. The molecule has 0 N–H and O–H groups in total. The molecule has 0 amide bonds. The molecule has 3 rings (SSSR count). The Kier molecular flexibility index (Phi) is 5.32. The summed E-state index contributed by atoms with van der Waals surface area (Å²) in [6.45, 7) is 0.284. The van der Waals surface area contributed by atoms with E-state index in [1.165, 1.54) is 0 Å². The van der Waals surface area contributed by atoms with E-state index >= 15 is 0 Å². The molecular weight excluding hydrogens is 344 g/mol. The summed E-state index contributed by atoms with van der Waals surface area (Å²) < 4.78 is 17.6. The van der Waals surface area contributed by atoms with Gasteiger partial charge in [-0.3, -0.25) is 4.79 Å². The van der Waals surface area contributed by atoms with Crippen LogP contribution in [-0.4, -0.2) is 25.9 Å². The zero-order valence-electron chi connectivity index (χ0n) is 15.5. The van der Waals surface area contributed by atoms with Gasteiger partial charge in [0.15, 0.2) is 0 Å². The third-order valence-corrected chi connectivity index (χ3v) is 4.45. The summed E-state index contributed by atoms with van der Waals surface area (Å²) in [6.07, 6.45) is 0.223. The molecule has 0 atom stereocenters. The van der Waals surface area contributed by atoms with Crippen LogP contribution < -0.4 is 19.8 Å². The van der Waals surface area contributed by atoms with E-state index in [2.05, 4.69) is 6.07 Å². The minimum Gasteiger partial charge on any atom is -0.497 e. The van der Waals surface area contributed by atoms with Gasteiger partial charge in [0, 0.05) is 29.6 Å². The lowest BCUT2D eigenvalue weighted by atomic mass is 10.0. The molecule has 0 spiro atoms. The molecule has 6 heteroatoms. The molecule has 0 bridgehead atoms. The Labute approximate surface area is 157 Å². The van der Waals surface area contributed by atoms with Crippen LogP contribution >= 0.6 is 0 Å². The number of hydrogen-bond acceptors (Lipinski definition) is 5. The van der Waals surface area contributed by atoms with Crippen molar-refractivity contribution in [2.24, 2.45) is 0 Å². The quantitative estimate of drug-likeness (QED) is 0.668.